The first-order valence-electron chi connectivity index (χ1n) is 8.52. The van der Waals surface area contributed by atoms with E-state index in [1.807, 2.05) is 29.2 Å². The Hall–Kier alpha value is -1.84. The van der Waals surface area contributed by atoms with E-state index in [0.29, 0.717) is 17.5 Å². The van der Waals surface area contributed by atoms with E-state index < -0.39 is 0 Å². The molecule has 124 valence electrons. The van der Waals surface area contributed by atoms with Gasteiger partial charge in [-0.3, -0.25) is 9.69 Å². The second-order valence-corrected chi connectivity index (χ2v) is 7.18. The number of benzene rings is 2. The van der Waals surface area contributed by atoms with Gasteiger partial charge in [0.1, 0.15) is 0 Å². The number of halogens is 1. The van der Waals surface area contributed by atoms with Gasteiger partial charge in [-0.15, -0.1) is 0 Å². The summed E-state index contributed by atoms with van der Waals surface area (Å²) in [6.07, 6.45) is 1.58. The Labute approximate surface area is 147 Å². The zero-order valence-corrected chi connectivity index (χ0v) is 14.4. The predicted molar refractivity (Wildman–Crippen MR) is 96.1 cm³/mol. The van der Waals surface area contributed by atoms with Crippen molar-refractivity contribution in [1.82, 2.24) is 9.80 Å². The summed E-state index contributed by atoms with van der Waals surface area (Å²) in [6.45, 7) is 3.82. The lowest BCUT2D eigenvalue weighted by molar-refractivity contribution is -0.138. The van der Waals surface area contributed by atoms with Gasteiger partial charge >= 0.3 is 0 Å². The fourth-order valence-electron chi connectivity index (χ4n) is 3.61. The van der Waals surface area contributed by atoms with Gasteiger partial charge in [-0.05, 0) is 35.2 Å². The normalized spacial score (nSPS) is 18.1. The number of likely N-dealkylation sites (tertiary alicyclic amines) is 1. The molecule has 0 spiro atoms. The van der Waals surface area contributed by atoms with Crippen LogP contribution in [0, 0.1) is 0 Å². The molecular weight excluding hydrogens is 320 g/mol. The van der Waals surface area contributed by atoms with Crippen LogP contribution in [0.25, 0.3) is 0 Å². The third-order valence-electron chi connectivity index (χ3n) is 5.16. The van der Waals surface area contributed by atoms with Crippen LogP contribution in [-0.4, -0.2) is 41.4 Å². The monoisotopic (exact) mass is 340 g/mol. The molecule has 2 aliphatic heterocycles. The average molecular weight is 341 g/mol. The highest BCUT2D eigenvalue weighted by Gasteiger charge is 2.35. The second-order valence-electron chi connectivity index (χ2n) is 6.74. The summed E-state index contributed by atoms with van der Waals surface area (Å²) in [7, 11) is 0. The van der Waals surface area contributed by atoms with Crippen molar-refractivity contribution in [3.8, 4) is 0 Å². The molecule has 1 saturated heterocycles. The maximum atomic E-state index is 12.4. The van der Waals surface area contributed by atoms with Crippen LogP contribution in [0.4, 0.5) is 0 Å². The van der Waals surface area contributed by atoms with Crippen LogP contribution in [0.2, 0.25) is 5.02 Å². The Balaban J connectivity index is 1.30. The molecule has 2 aromatic carbocycles. The molecule has 4 rings (SSSR count). The van der Waals surface area contributed by atoms with Gasteiger partial charge in [0.25, 0.3) is 0 Å². The molecule has 0 aliphatic carbocycles. The Morgan fingerprint density at radius 1 is 1.04 bits per heavy atom. The molecule has 1 fully saturated rings. The van der Waals surface area contributed by atoms with Gasteiger partial charge in [-0.1, -0.05) is 48.0 Å². The topological polar surface area (TPSA) is 23.6 Å². The average Bonchev–Trinajstić information content (AvgIpc) is 2.55. The number of carbonyl (C=O) groups excluding carboxylic acids is 1. The van der Waals surface area contributed by atoms with Gasteiger partial charge in [0, 0.05) is 37.2 Å². The molecular formula is C20H21ClN2O. The smallest absolute Gasteiger partial charge is 0.227 e. The number of fused-ring (bicyclic) bond motifs is 1. The lowest BCUT2D eigenvalue weighted by atomic mass is 9.96. The van der Waals surface area contributed by atoms with Gasteiger partial charge in [0.15, 0.2) is 0 Å². The first-order chi connectivity index (χ1) is 11.7. The molecule has 0 saturated carbocycles. The van der Waals surface area contributed by atoms with Crippen LogP contribution in [0.1, 0.15) is 16.7 Å². The number of rotatable bonds is 3. The lowest BCUT2D eigenvalue weighted by Crippen LogP contribution is -2.61. The number of carbonyl (C=O) groups is 1. The molecule has 0 N–H and O–H groups in total. The van der Waals surface area contributed by atoms with Crippen LogP contribution in [0.3, 0.4) is 0 Å². The van der Waals surface area contributed by atoms with Crippen LogP contribution in [-0.2, 0) is 24.2 Å². The zero-order chi connectivity index (χ0) is 16.5. The van der Waals surface area contributed by atoms with Crippen molar-refractivity contribution in [3.63, 3.8) is 0 Å². The number of nitrogens with zero attached hydrogens (tertiary/aromatic N) is 2. The number of hydrogen-bond donors (Lipinski definition) is 0. The van der Waals surface area contributed by atoms with Crippen molar-refractivity contribution in [2.45, 2.75) is 25.4 Å². The third-order valence-corrected chi connectivity index (χ3v) is 5.41. The molecule has 2 aromatic rings. The van der Waals surface area contributed by atoms with Crippen LogP contribution < -0.4 is 0 Å². The van der Waals surface area contributed by atoms with Crippen molar-refractivity contribution in [2.24, 2.45) is 0 Å². The van der Waals surface area contributed by atoms with E-state index >= 15 is 0 Å². The highest BCUT2D eigenvalue weighted by molar-refractivity contribution is 6.30. The molecule has 0 atom stereocenters. The van der Waals surface area contributed by atoms with Crippen LogP contribution >= 0.6 is 11.6 Å². The molecule has 0 radical (unpaired) electrons. The summed E-state index contributed by atoms with van der Waals surface area (Å²) in [4.78, 5) is 16.9. The summed E-state index contributed by atoms with van der Waals surface area (Å²) < 4.78 is 0. The van der Waals surface area contributed by atoms with Gasteiger partial charge in [-0.25, -0.2) is 0 Å². The van der Waals surface area contributed by atoms with E-state index in [1.54, 1.807) is 0 Å². The van der Waals surface area contributed by atoms with Gasteiger partial charge in [0.05, 0.1) is 6.42 Å². The van der Waals surface area contributed by atoms with Gasteiger partial charge in [0.2, 0.25) is 5.91 Å². The maximum absolute atomic E-state index is 12.4. The number of amides is 1. The van der Waals surface area contributed by atoms with E-state index in [9.17, 15) is 4.79 Å². The minimum atomic E-state index is 0.214. The fourth-order valence-corrected chi connectivity index (χ4v) is 3.73. The fraction of sp³-hybridized carbons (Fsp3) is 0.350. The van der Waals surface area contributed by atoms with Crippen LogP contribution in [0.5, 0.6) is 0 Å². The molecule has 0 unspecified atom stereocenters. The highest BCUT2D eigenvalue weighted by Crippen LogP contribution is 2.24. The largest absolute Gasteiger partial charge is 0.339 e. The summed E-state index contributed by atoms with van der Waals surface area (Å²) in [5.41, 5.74) is 3.94. The molecule has 1 amide bonds. The lowest BCUT2D eigenvalue weighted by Gasteiger charge is -2.47. The quantitative estimate of drug-likeness (QED) is 0.857. The highest BCUT2D eigenvalue weighted by atomic mass is 35.5. The summed E-state index contributed by atoms with van der Waals surface area (Å²) in [5.74, 6) is 0.214. The molecule has 0 aromatic heterocycles. The summed E-state index contributed by atoms with van der Waals surface area (Å²) >= 11 is 5.89. The summed E-state index contributed by atoms with van der Waals surface area (Å²) in [5, 5.41) is 0.709. The SMILES string of the molecule is O=C(Cc1ccc(Cl)cc1)N1CC(N2CCc3ccccc3C2)C1. The first-order valence-corrected chi connectivity index (χ1v) is 8.90. The number of hydrogen-bond acceptors (Lipinski definition) is 2. The Bertz CT molecular complexity index is 738. The summed E-state index contributed by atoms with van der Waals surface area (Å²) in [6, 6.07) is 16.7. The first kappa shape index (κ1) is 15.7. The second kappa shape index (κ2) is 6.58. The van der Waals surface area contributed by atoms with E-state index in [0.717, 1.165) is 38.2 Å². The third kappa shape index (κ3) is 3.19. The molecule has 0 bridgehead atoms. The van der Waals surface area contributed by atoms with Crippen molar-refractivity contribution in [2.75, 3.05) is 19.6 Å². The van der Waals surface area contributed by atoms with Crippen molar-refractivity contribution in [3.05, 3.63) is 70.2 Å². The van der Waals surface area contributed by atoms with Gasteiger partial charge < -0.3 is 4.90 Å². The Morgan fingerprint density at radius 2 is 1.75 bits per heavy atom. The van der Waals surface area contributed by atoms with E-state index in [1.165, 1.54) is 11.1 Å². The Morgan fingerprint density at radius 3 is 2.50 bits per heavy atom. The van der Waals surface area contributed by atoms with Gasteiger partial charge in [-0.2, -0.15) is 0 Å². The zero-order valence-electron chi connectivity index (χ0n) is 13.6. The standard InChI is InChI=1S/C20H21ClN2O/c21-18-7-5-15(6-8-18)11-20(24)23-13-19(14-23)22-10-9-16-3-1-2-4-17(16)12-22/h1-8,19H,9-14H2. The van der Waals surface area contributed by atoms with E-state index in [2.05, 4.69) is 29.2 Å². The minimum Gasteiger partial charge on any atom is -0.339 e. The maximum Gasteiger partial charge on any atom is 0.227 e. The molecule has 24 heavy (non-hydrogen) atoms. The molecule has 4 heteroatoms. The Kier molecular flexibility index (Phi) is 4.30. The minimum absolute atomic E-state index is 0.214. The molecule has 3 nitrogen and oxygen atoms in total. The van der Waals surface area contributed by atoms with E-state index in [-0.39, 0.29) is 5.91 Å². The molecule has 2 aliphatic rings. The predicted octanol–water partition coefficient (Wildman–Crippen LogP) is 3.15. The van der Waals surface area contributed by atoms with Crippen molar-refractivity contribution >= 4 is 17.5 Å². The van der Waals surface area contributed by atoms with Crippen molar-refractivity contribution in [1.29, 1.82) is 0 Å². The van der Waals surface area contributed by atoms with Crippen LogP contribution in [0.15, 0.2) is 48.5 Å². The van der Waals surface area contributed by atoms with E-state index in [4.69, 9.17) is 11.6 Å². The molecule has 2 heterocycles. The van der Waals surface area contributed by atoms with Crippen molar-refractivity contribution < 1.29 is 4.79 Å².